The highest BCUT2D eigenvalue weighted by molar-refractivity contribution is 5.30. The zero-order valence-corrected chi connectivity index (χ0v) is 9.92. The van der Waals surface area contributed by atoms with Gasteiger partial charge >= 0.3 is 0 Å². The zero-order valence-electron chi connectivity index (χ0n) is 9.92. The van der Waals surface area contributed by atoms with Gasteiger partial charge in [-0.1, -0.05) is 45.3 Å². The van der Waals surface area contributed by atoms with Gasteiger partial charge in [0.15, 0.2) is 0 Å². The second-order valence-electron chi connectivity index (χ2n) is 5.65. The summed E-state index contributed by atoms with van der Waals surface area (Å²) in [7, 11) is 0. The fourth-order valence-electron chi connectivity index (χ4n) is 2.68. The smallest absolute Gasteiger partial charge is 0.00175 e. The predicted molar refractivity (Wildman–Crippen MR) is 62.2 cm³/mol. The first kappa shape index (κ1) is 10.3. The second kappa shape index (κ2) is 4.08. The average Bonchev–Trinajstić information content (AvgIpc) is 2.97. The Morgan fingerprint density at radius 2 is 2.21 bits per heavy atom. The van der Waals surface area contributed by atoms with Crippen LogP contribution in [-0.4, -0.2) is 0 Å². The average molecular weight is 192 g/mol. The molecule has 4 atom stereocenters. The van der Waals surface area contributed by atoms with E-state index in [2.05, 4.69) is 26.8 Å². The van der Waals surface area contributed by atoms with Crippen molar-refractivity contribution in [1.29, 1.82) is 0 Å². The molecule has 2 aliphatic rings. The van der Waals surface area contributed by atoms with Crippen molar-refractivity contribution >= 4 is 0 Å². The number of hydrogen-bond acceptors (Lipinski definition) is 0. The summed E-state index contributed by atoms with van der Waals surface area (Å²) in [5.74, 6) is 3.96. The third-order valence-electron chi connectivity index (χ3n) is 3.99. The van der Waals surface area contributed by atoms with Crippen LogP contribution < -0.4 is 0 Å². The molecule has 0 aromatic carbocycles. The van der Waals surface area contributed by atoms with Crippen molar-refractivity contribution in [1.82, 2.24) is 0 Å². The van der Waals surface area contributed by atoms with E-state index in [-0.39, 0.29) is 0 Å². The SMILES string of the molecule is CCCC(C)CC1C=C1CC1CC1C. The first-order valence-corrected chi connectivity index (χ1v) is 6.41. The minimum Gasteiger partial charge on any atom is -0.0775 e. The zero-order chi connectivity index (χ0) is 10.1. The minimum absolute atomic E-state index is 0.921. The molecule has 0 amide bonds. The Morgan fingerprint density at radius 3 is 2.79 bits per heavy atom. The topological polar surface area (TPSA) is 0 Å². The summed E-state index contributed by atoms with van der Waals surface area (Å²) in [6, 6.07) is 0. The molecule has 0 radical (unpaired) electrons. The van der Waals surface area contributed by atoms with Gasteiger partial charge in [-0.3, -0.25) is 0 Å². The molecule has 2 aliphatic carbocycles. The van der Waals surface area contributed by atoms with Crippen molar-refractivity contribution in [2.45, 2.75) is 52.9 Å². The second-order valence-corrected chi connectivity index (χ2v) is 5.65. The lowest BCUT2D eigenvalue weighted by molar-refractivity contribution is 0.463. The van der Waals surface area contributed by atoms with E-state index in [1.165, 1.54) is 32.1 Å². The fourth-order valence-corrected chi connectivity index (χ4v) is 2.68. The fraction of sp³-hybridized carbons (Fsp3) is 0.857. The standard InChI is InChI=1S/C14H24/c1-4-5-10(2)6-13-9-14(13)8-12-7-11(12)3/h9-13H,4-8H2,1-3H3. The molecule has 0 saturated heterocycles. The molecular formula is C14H24. The van der Waals surface area contributed by atoms with Crippen LogP contribution in [0, 0.1) is 23.7 Å². The van der Waals surface area contributed by atoms with Gasteiger partial charge in [0.2, 0.25) is 0 Å². The van der Waals surface area contributed by atoms with E-state index >= 15 is 0 Å². The van der Waals surface area contributed by atoms with E-state index < -0.39 is 0 Å². The molecule has 0 nitrogen and oxygen atoms in total. The van der Waals surface area contributed by atoms with Gasteiger partial charge in [0, 0.05) is 0 Å². The van der Waals surface area contributed by atoms with Crippen molar-refractivity contribution in [3.8, 4) is 0 Å². The summed E-state index contributed by atoms with van der Waals surface area (Å²) in [5.41, 5.74) is 1.79. The van der Waals surface area contributed by atoms with Crippen molar-refractivity contribution in [3.05, 3.63) is 11.6 Å². The molecule has 2 rings (SSSR count). The number of rotatable bonds is 6. The third kappa shape index (κ3) is 2.62. The maximum absolute atomic E-state index is 2.52. The minimum atomic E-state index is 0.921. The van der Waals surface area contributed by atoms with Gasteiger partial charge in [0.25, 0.3) is 0 Å². The van der Waals surface area contributed by atoms with E-state index in [1.54, 1.807) is 5.57 Å². The molecule has 14 heavy (non-hydrogen) atoms. The molecule has 0 aromatic heterocycles. The van der Waals surface area contributed by atoms with Crippen molar-refractivity contribution in [2.75, 3.05) is 0 Å². The molecule has 0 heteroatoms. The number of hydrogen-bond donors (Lipinski definition) is 0. The van der Waals surface area contributed by atoms with E-state index in [9.17, 15) is 0 Å². The van der Waals surface area contributed by atoms with Crippen LogP contribution in [0.2, 0.25) is 0 Å². The van der Waals surface area contributed by atoms with Crippen LogP contribution in [0.25, 0.3) is 0 Å². The highest BCUT2D eigenvalue weighted by Crippen LogP contribution is 2.49. The Kier molecular flexibility index (Phi) is 2.99. The Morgan fingerprint density at radius 1 is 1.50 bits per heavy atom. The van der Waals surface area contributed by atoms with Gasteiger partial charge in [0.1, 0.15) is 0 Å². The largest absolute Gasteiger partial charge is 0.0775 e. The Bertz CT molecular complexity index is 226. The molecule has 0 aliphatic heterocycles. The quantitative estimate of drug-likeness (QED) is 0.547. The molecule has 0 heterocycles. The van der Waals surface area contributed by atoms with E-state index in [1.807, 2.05) is 0 Å². The van der Waals surface area contributed by atoms with Crippen molar-refractivity contribution < 1.29 is 0 Å². The van der Waals surface area contributed by atoms with Gasteiger partial charge in [-0.25, -0.2) is 0 Å². The van der Waals surface area contributed by atoms with Crippen LogP contribution in [0.3, 0.4) is 0 Å². The monoisotopic (exact) mass is 192 g/mol. The van der Waals surface area contributed by atoms with E-state index in [0.29, 0.717) is 0 Å². The third-order valence-corrected chi connectivity index (χ3v) is 3.99. The predicted octanol–water partition coefficient (Wildman–Crippen LogP) is 4.42. The molecule has 4 unspecified atom stereocenters. The first-order valence-electron chi connectivity index (χ1n) is 6.41. The Balaban J connectivity index is 1.59. The van der Waals surface area contributed by atoms with Crippen LogP contribution in [0.5, 0.6) is 0 Å². The van der Waals surface area contributed by atoms with Crippen LogP contribution in [0.4, 0.5) is 0 Å². The molecule has 80 valence electrons. The van der Waals surface area contributed by atoms with Gasteiger partial charge in [-0.2, -0.15) is 0 Å². The van der Waals surface area contributed by atoms with E-state index in [0.717, 1.165) is 23.7 Å². The van der Waals surface area contributed by atoms with Gasteiger partial charge in [0.05, 0.1) is 0 Å². The Hall–Kier alpha value is -0.260. The molecule has 0 spiro atoms. The summed E-state index contributed by atoms with van der Waals surface area (Å²) in [6.07, 6.45) is 9.65. The lowest BCUT2D eigenvalue weighted by atomic mass is 9.96. The van der Waals surface area contributed by atoms with Gasteiger partial charge in [-0.15, -0.1) is 0 Å². The number of allylic oxidation sites excluding steroid dienone is 2. The summed E-state index contributed by atoms with van der Waals surface area (Å²) < 4.78 is 0. The molecule has 0 N–H and O–H groups in total. The summed E-state index contributed by atoms with van der Waals surface area (Å²) in [4.78, 5) is 0. The summed E-state index contributed by atoms with van der Waals surface area (Å²) in [5, 5.41) is 0. The molecule has 0 aromatic rings. The Labute approximate surface area is 88.8 Å². The summed E-state index contributed by atoms with van der Waals surface area (Å²) >= 11 is 0. The van der Waals surface area contributed by atoms with Gasteiger partial charge in [-0.05, 0) is 42.9 Å². The lowest BCUT2D eigenvalue weighted by Crippen LogP contribution is -1.97. The maximum atomic E-state index is 2.52. The van der Waals surface area contributed by atoms with Crippen molar-refractivity contribution in [3.63, 3.8) is 0 Å². The van der Waals surface area contributed by atoms with Gasteiger partial charge < -0.3 is 0 Å². The van der Waals surface area contributed by atoms with Crippen LogP contribution >= 0.6 is 0 Å². The lowest BCUT2D eigenvalue weighted by Gasteiger charge is -2.09. The van der Waals surface area contributed by atoms with Crippen LogP contribution in [-0.2, 0) is 0 Å². The normalized spacial score (nSPS) is 36.5. The maximum Gasteiger partial charge on any atom is -0.00175 e. The van der Waals surface area contributed by atoms with Crippen LogP contribution in [0.15, 0.2) is 11.6 Å². The van der Waals surface area contributed by atoms with Crippen LogP contribution in [0.1, 0.15) is 52.9 Å². The highest BCUT2D eigenvalue weighted by atomic mass is 14.4. The van der Waals surface area contributed by atoms with E-state index in [4.69, 9.17) is 0 Å². The first-order chi connectivity index (χ1) is 6.70. The molecule has 0 bridgehead atoms. The molecule has 1 saturated carbocycles. The highest BCUT2D eigenvalue weighted by Gasteiger charge is 2.37. The van der Waals surface area contributed by atoms with Crippen molar-refractivity contribution in [2.24, 2.45) is 23.7 Å². The molecular weight excluding hydrogens is 168 g/mol. The molecule has 1 fully saturated rings. The summed E-state index contributed by atoms with van der Waals surface area (Å²) in [6.45, 7) is 7.10.